The van der Waals surface area contributed by atoms with Crippen LogP contribution in [-0.4, -0.2) is 19.7 Å². The summed E-state index contributed by atoms with van der Waals surface area (Å²) in [5, 5.41) is 7.44. The molecule has 1 N–H and O–H groups in total. The lowest BCUT2D eigenvalue weighted by atomic mass is 9.77. The Kier molecular flexibility index (Phi) is 4.19. The van der Waals surface area contributed by atoms with E-state index in [0.717, 1.165) is 16.2 Å². The van der Waals surface area contributed by atoms with Crippen molar-refractivity contribution in [1.82, 2.24) is 19.7 Å². The lowest BCUT2D eigenvalue weighted by Gasteiger charge is -2.35. The predicted molar refractivity (Wildman–Crippen MR) is 86.5 cm³/mol. The van der Waals surface area contributed by atoms with Crippen LogP contribution in [0, 0.1) is 16.6 Å². The molecule has 2 atom stereocenters. The number of hydrogen-bond acceptors (Lipinski definition) is 3. The molecule has 0 radical (unpaired) electrons. The largest absolute Gasteiger partial charge is 0.297 e. The first-order chi connectivity index (χ1) is 10.2. The number of aromatic amines is 1. The van der Waals surface area contributed by atoms with Crippen LogP contribution in [0.3, 0.4) is 0 Å². The maximum Gasteiger partial charge on any atom is 0.195 e. The first-order valence-corrected chi connectivity index (χ1v) is 8.16. The van der Waals surface area contributed by atoms with Crippen LogP contribution in [0.5, 0.6) is 0 Å². The molecule has 2 heterocycles. The van der Waals surface area contributed by atoms with Crippen LogP contribution in [0.15, 0.2) is 24.5 Å². The Labute approximate surface area is 130 Å². The van der Waals surface area contributed by atoms with E-state index in [0.29, 0.717) is 17.9 Å². The quantitative estimate of drug-likeness (QED) is 0.855. The van der Waals surface area contributed by atoms with Gasteiger partial charge >= 0.3 is 0 Å². The van der Waals surface area contributed by atoms with Gasteiger partial charge in [-0.25, -0.2) is 0 Å². The highest BCUT2D eigenvalue weighted by Gasteiger charge is 2.31. The fourth-order valence-electron chi connectivity index (χ4n) is 3.55. The summed E-state index contributed by atoms with van der Waals surface area (Å²) in [5.41, 5.74) is 1.03. The fraction of sp³-hybridized carbons (Fsp3) is 0.562. The molecule has 1 aliphatic carbocycles. The standard InChI is InChI=1S/C16H22N4S/c1-11(2)13-7-3-4-8-14(13)20-15(18-19-16(20)21)12-6-5-9-17-10-12/h5-6,9-11,13-14H,3-4,7-8H2,1-2H3,(H,19,21). The third kappa shape index (κ3) is 2.79. The molecule has 2 unspecified atom stereocenters. The smallest absolute Gasteiger partial charge is 0.195 e. The molecule has 0 aromatic carbocycles. The summed E-state index contributed by atoms with van der Waals surface area (Å²) >= 11 is 5.52. The Morgan fingerprint density at radius 2 is 2.14 bits per heavy atom. The minimum absolute atomic E-state index is 0.445. The highest BCUT2D eigenvalue weighted by Crippen LogP contribution is 2.40. The van der Waals surface area contributed by atoms with Crippen molar-refractivity contribution in [1.29, 1.82) is 0 Å². The van der Waals surface area contributed by atoms with Gasteiger partial charge in [0, 0.05) is 24.0 Å². The zero-order chi connectivity index (χ0) is 14.8. The third-order valence-electron chi connectivity index (χ3n) is 4.59. The summed E-state index contributed by atoms with van der Waals surface area (Å²) in [6.07, 6.45) is 8.70. The van der Waals surface area contributed by atoms with Gasteiger partial charge in [0.15, 0.2) is 10.6 Å². The van der Waals surface area contributed by atoms with Gasteiger partial charge in [-0.15, -0.1) is 0 Å². The van der Waals surface area contributed by atoms with E-state index in [4.69, 9.17) is 12.2 Å². The zero-order valence-corrected chi connectivity index (χ0v) is 13.4. The third-order valence-corrected chi connectivity index (χ3v) is 4.88. The number of rotatable bonds is 3. The molecule has 0 aliphatic heterocycles. The molecule has 3 rings (SSSR count). The molecule has 21 heavy (non-hydrogen) atoms. The molecule has 0 spiro atoms. The topological polar surface area (TPSA) is 46.5 Å². The van der Waals surface area contributed by atoms with E-state index in [-0.39, 0.29) is 0 Å². The average Bonchev–Trinajstić information content (AvgIpc) is 2.89. The fourth-order valence-corrected chi connectivity index (χ4v) is 3.82. The summed E-state index contributed by atoms with van der Waals surface area (Å²) in [4.78, 5) is 4.21. The van der Waals surface area contributed by atoms with Crippen LogP contribution in [0.4, 0.5) is 0 Å². The second kappa shape index (κ2) is 6.10. The van der Waals surface area contributed by atoms with Gasteiger partial charge in [0.25, 0.3) is 0 Å². The molecule has 1 fully saturated rings. The lowest BCUT2D eigenvalue weighted by Crippen LogP contribution is -2.27. The lowest BCUT2D eigenvalue weighted by molar-refractivity contribution is 0.184. The summed E-state index contributed by atoms with van der Waals surface area (Å²) in [6, 6.07) is 4.43. The van der Waals surface area contributed by atoms with E-state index in [9.17, 15) is 0 Å². The van der Waals surface area contributed by atoms with Crippen LogP contribution in [0.2, 0.25) is 0 Å². The van der Waals surface area contributed by atoms with Crippen molar-refractivity contribution >= 4 is 12.2 Å². The van der Waals surface area contributed by atoms with Gasteiger partial charge in [0.2, 0.25) is 0 Å². The first kappa shape index (κ1) is 14.4. The van der Waals surface area contributed by atoms with Crippen LogP contribution >= 0.6 is 12.2 Å². The number of pyridine rings is 1. The molecule has 5 heteroatoms. The van der Waals surface area contributed by atoms with Crippen LogP contribution < -0.4 is 0 Å². The van der Waals surface area contributed by atoms with Gasteiger partial charge in [-0.05, 0) is 49.0 Å². The molecule has 1 aliphatic rings. The highest BCUT2D eigenvalue weighted by molar-refractivity contribution is 7.71. The molecule has 0 amide bonds. The molecule has 2 aromatic heterocycles. The number of H-pyrrole nitrogens is 1. The maximum atomic E-state index is 5.52. The van der Waals surface area contributed by atoms with Crippen LogP contribution in [0.25, 0.3) is 11.4 Å². The summed E-state index contributed by atoms with van der Waals surface area (Å²) in [5.74, 6) is 2.25. The van der Waals surface area contributed by atoms with Gasteiger partial charge < -0.3 is 0 Å². The number of nitrogens with one attached hydrogen (secondary N) is 1. The normalized spacial score (nSPS) is 22.6. The monoisotopic (exact) mass is 302 g/mol. The van der Waals surface area contributed by atoms with Crippen molar-refractivity contribution in [2.75, 3.05) is 0 Å². The molecule has 2 aromatic rings. The van der Waals surface area contributed by atoms with Crippen LogP contribution in [-0.2, 0) is 0 Å². The van der Waals surface area contributed by atoms with E-state index in [2.05, 4.69) is 33.6 Å². The van der Waals surface area contributed by atoms with Crippen molar-refractivity contribution < 1.29 is 0 Å². The molecule has 0 bridgehead atoms. The maximum absolute atomic E-state index is 5.52. The van der Waals surface area contributed by atoms with Crippen molar-refractivity contribution in [2.45, 2.75) is 45.6 Å². The van der Waals surface area contributed by atoms with E-state index in [1.807, 2.05) is 18.3 Å². The first-order valence-electron chi connectivity index (χ1n) is 7.76. The SMILES string of the molecule is CC(C)C1CCCCC1n1c(-c2cccnc2)n[nH]c1=S. The van der Waals surface area contributed by atoms with Gasteiger partial charge in [-0.2, -0.15) is 5.10 Å². The van der Waals surface area contributed by atoms with Crippen molar-refractivity contribution in [2.24, 2.45) is 11.8 Å². The second-order valence-corrected chi connectivity index (χ2v) is 6.61. The average molecular weight is 302 g/mol. The summed E-state index contributed by atoms with van der Waals surface area (Å²) < 4.78 is 2.96. The second-order valence-electron chi connectivity index (χ2n) is 6.22. The molecule has 0 saturated heterocycles. The Hall–Kier alpha value is -1.49. The molecular weight excluding hydrogens is 280 g/mol. The van der Waals surface area contributed by atoms with E-state index in [1.165, 1.54) is 25.7 Å². The molecule has 1 saturated carbocycles. The van der Waals surface area contributed by atoms with Crippen molar-refractivity contribution in [3.05, 3.63) is 29.3 Å². The van der Waals surface area contributed by atoms with Gasteiger partial charge in [-0.1, -0.05) is 26.7 Å². The van der Waals surface area contributed by atoms with Gasteiger partial charge in [-0.3, -0.25) is 14.6 Å². The minimum Gasteiger partial charge on any atom is -0.297 e. The molecule has 4 nitrogen and oxygen atoms in total. The molecular formula is C16H22N4S. The zero-order valence-electron chi connectivity index (χ0n) is 12.6. The minimum atomic E-state index is 0.445. The highest BCUT2D eigenvalue weighted by atomic mass is 32.1. The van der Waals surface area contributed by atoms with E-state index < -0.39 is 0 Å². The number of hydrogen-bond donors (Lipinski definition) is 1. The van der Waals surface area contributed by atoms with Gasteiger partial charge in [0.1, 0.15) is 0 Å². The predicted octanol–water partition coefficient (Wildman–Crippen LogP) is 4.39. The Bertz CT molecular complexity index is 644. The van der Waals surface area contributed by atoms with E-state index >= 15 is 0 Å². The Morgan fingerprint density at radius 3 is 2.86 bits per heavy atom. The number of nitrogens with zero attached hydrogens (tertiary/aromatic N) is 3. The van der Waals surface area contributed by atoms with Crippen LogP contribution in [0.1, 0.15) is 45.6 Å². The van der Waals surface area contributed by atoms with Crippen molar-refractivity contribution in [3.8, 4) is 11.4 Å². The number of aromatic nitrogens is 4. The molecule has 112 valence electrons. The Morgan fingerprint density at radius 1 is 1.33 bits per heavy atom. The van der Waals surface area contributed by atoms with Gasteiger partial charge in [0.05, 0.1) is 0 Å². The Balaban J connectivity index is 2.05. The van der Waals surface area contributed by atoms with E-state index in [1.54, 1.807) is 6.20 Å². The summed E-state index contributed by atoms with van der Waals surface area (Å²) in [7, 11) is 0. The van der Waals surface area contributed by atoms with Crippen molar-refractivity contribution in [3.63, 3.8) is 0 Å². The summed E-state index contributed by atoms with van der Waals surface area (Å²) in [6.45, 7) is 4.63.